The molecule has 0 heterocycles. The minimum absolute atomic E-state index is 0.0269. The van der Waals surface area contributed by atoms with E-state index in [1.54, 1.807) is 0 Å². The van der Waals surface area contributed by atoms with Crippen molar-refractivity contribution in [3.05, 3.63) is 65.2 Å². The van der Waals surface area contributed by atoms with Gasteiger partial charge >= 0.3 is 6.18 Å². The maximum Gasteiger partial charge on any atom is 0.411 e. The molecule has 0 saturated heterocycles. The predicted octanol–water partition coefficient (Wildman–Crippen LogP) is 2.34. The number of sulfonamides is 1. The van der Waals surface area contributed by atoms with E-state index in [-0.39, 0.29) is 24.0 Å². The van der Waals surface area contributed by atoms with Crippen LogP contribution in [0.1, 0.15) is 21.5 Å². The highest BCUT2D eigenvalue weighted by atomic mass is 32.2. The molecule has 0 aromatic heterocycles. The van der Waals surface area contributed by atoms with Gasteiger partial charge in [0, 0.05) is 12.1 Å². The van der Waals surface area contributed by atoms with E-state index in [0.717, 1.165) is 0 Å². The van der Waals surface area contributed by atoms with E-state index in [0.29, 0.717) is 16.7 Å². The lowest BCUT2D eigenvalue weighted by Crippen LogP contribution is -2.22. The number of carbonyl (C=O) groups excluding carboxylic acids is 1. The number of benzene rings is 2. The summed E-state index contributed by atoms with van der Waals surface area (Å²) in [6, 6.07) is 11.7. The van der Waals surface area contributed by atoms with Gasteiger partial charge in [-0.3, -0.25) is 4.79 Å². The highest BCUT2D eigenvalue weighted by Gasteiger charge is 2.27. The second-order valence-electron chi connectivity index (χ2n) is 5.68. The number of halogens is 3. The van der Waals surface area contributed by atoms with Gasteiger partial charge in [0.25, 0.3) is 5.91 Å². The van der Waals surface area contributed by atoms with E-state index in [9.17, 15) is 26.4 Å². The van der Waals surface area contributed by atoms with E-state index < -0.39 is 22.8 Å². The second-order valence-corrected chi connectivity index (χ2v) is 7.24. The Labute approximate surface area is 154 Å². The Kier molecular flexibility index (Phi) is 6.58. The van der Waals surface area contributed by atoms with Gasteiger partial charge in [0.1, 0.15) is 6.61 Å². The van der Waals surface area contributed by atoms with Crippen molar-refractivity contribution in [1.82, 2.24) is 5.32 Å². The molecule has 2 aromatic carbocycles. The van der Waals surface area contributed by atoms with Gasteiger partial charge < -0.3 is 10.1 Å². The summed E-state index contributed by atoms with van der Waals surface area (Å²) in [6.45, 7) is -1.38. The third-order valence-electron chi connectivity index (χ3n) is 3.46. The molecule has 1 amide bonds. The second kappa shape index (κ2) is 8.51. The molecule has 2 aromatic rings. The summed E-state index contributed by atoms with van der Waals surface area (Å²) < 4.78 is 63.0. The molecule has 146 valence electrons. The average molecular weight is 402 g/mol. The van der Waals surface area contributed by atoms with Gasteiger partial charge in [-0.1, -0.05) is 24.3 Å². The Balaban J connectivity index is 1.87. The van der Waals surface area contributed by atoms with Gasteiger partial charge in [-0.15, -0.1) is 0 Å². The van der Waals surface area contributed by atoms with Crippen LogP contribution in [-0.4, -0.2) is 27.1 Å². The molecule has 2 rings (SSSR count). The van der Waals surface area contributed by atoms with Crippen LogP contribution in [0.4, 0.5) is 13.2 Å². The topological polar surface area (TPSA) is 98.5 Å². The van der Waals surface area contributed by atoms with Crippen molar-refractivity contribution in [1.29, 1.82) is 0 Å². The van der Waals surface area contributed by atoms with Gasteiger partial charge in [-0.05, 0) is 35.4 Å². The fourth-order valence-corrected chi connectivity index (χ4v) is 2.63. The molecule has 0 bridgehead atoms. The Morgan fingerprint density at radius 2 is 1.56 bits per heavy atom. The smallest absolute Gasteiger partial charge is 0.367 e. The summed E-state index contributed by atoms with van der Waals surface area (Å²) in [7, 11) is -3.77. The first-order valence-corrected chi connectivity index (χ1v) is 9.22. The molecule has 6 nitrogen and oxygen atoms in total. The number of nitrogens with two attached hydrogens (primary N) is 1. The molecule has 0 unspecified atom stereocenters. The van der Waals surface area contributed by atoms with Gasteiger partial charge in [-0.25, -0.2) is 13.6 Å². The third kappa shape index (κ3) is 7.00. The van der Waals surface area contributed by atoms with Crippen LogP contribution in [0.15, 0.2) is 53.4 Å². The summed E-state index contributed by atoms with van der Waals surface area (Å²) in [5, 5.41) is 7.66. The third-order valence-corrected chi connectivity index (χ3v) is 4.38. The summed E-state index contributed by atoms with van der Waals surface area (Å²) in [5.41, 5.74) is 1.51. The van der Waals surface area contributed by atoms with Gasteiger partial charge in [0.15, 0.2) is 0 Å². The minimum atomic E-state index is -4.38. The fourth-order valence-electron chi connectivity index (χ4n) is 2.12. The zero-order valence-corrected chi connectivity index (χ0v) is 14.8. The van der Waals surface area contributed by atoms with E-state index in [2.05, 4.69) is 10.1 Å². The van der Waals surface area contributed by atoms with Crippen molar-refractivity contribution in [2.75, 3.05) is 6.61 Å². The number of primary sulfonamides is 1. The SMILES string of the molecule is NS(=O)(=O)c1ccc(CNC(=O)c2ccc(COCC(F)(F)F)cc2)cc1. The van der Waals surface area contributed by atoms with Crippen LogP contribution in [0.3, 0.4) is 0 Å². The molecule has 3 N–H and O–H groups in total. The molecule has 0 aliphatic heterocycles. The van der Waals surface area contributed by atoms with Gasteiger partial charge in [-0.2, -0.15) is 13.2 Å². The van der Waals surface area contributed by atoms with Crippen LogP contribution in [0.2, 0.25) is 0 Å². The van der Waals surface area contributed by atoms with Crippen LogP contribution in [-0.2, 0) is 27.9 Å². The van der Waals surface area contributed by atoms with Crippen molar-refractivity contribution in [2.45, 2.75) is 24.2 Å². The van der Waals surface area contributed by atoms with Crippen molar-refractivity contribution >= 4 is 15.9 Å². The largest absolute Gasteiger partial charge is 0.411 e. The maximum atomic E-state index is 12.1. The van der Waals surface area contributed by atoms with E-state index in [1.807, 2.05) is 0 Å². The highest BCUT2D eigenvalue weighted by molar-refractivity contribution is 7.89. The first kappa shape index (κ1) is 20.9. The van der Waals surface area contributed by atoms with Crippen LogP contribution >= 0.6 is 0 Å². The maximum absolute atomic E-state index is 12.1. The summed E-state index contributed by atoms with van der Waals surface area (Å²) >= 11 is 0. The summed E-state index contributed by atoms with van der Waals surface area (Å²) in [6.07, 6.45) is -4.38. The molecule has 10 heteroatoms. The number of hydrogen-bond donors (Lipinski definition) is 2. The molecule has 0 aliphatic carbocycles. The highest BCUT2D eigenvalue weighted by Crippen LogP contribution is 2.16. The molecule has 0 atom stereocenters. The molecule has 0 radical (unpaired) electrons. The van der Waals surface area contributed by atoms with Gasteiger partial charge in [0.05, 0.1) is 11.5 Å². The zero-order chi connectivity index (χ0) is 20.1. The number of rotatable bonds is 7. The first-order chi connectivity index (χ1) is 12.5. The summed E-state index contributed by atoms with van der Waals surface area (Å²) in [4.78, 5) is 12.1. The van der Waals surface area contributed by atoms with Crippen molar-refractivity contribution < 1.29 is 31.1 Å². The van der Waals surface area contributed by atoms with Crippen molar-refractivity contribution in [3.8, 4) is 0 Å². The fraction of sp³-hybridized carbons (Fsp3) is 0.235. The molecular formula is C17H17F3N2O4S. The number of hydrogen-bond acceptors (Lipinski definition) is 4. The van der Waals surface area contributed by atoms with Crippen molar-refractivity contribution in [3.63, 3.8) is 0 Å². The number of carbonyl (C=O) groups is 1. The molecule has 0 spiro atoms. The normalized spacial score (nSPS) is 12.0. The molecule has 0 aliphatic rings. The monoisotopic (exact) mass is 402 g/mol. The van der Waals surface area contributed by atoms with Crippen molar-refractivity contribution in [2.24, 2.45) is 5.14 Å². The Morgan fingerprint density at radius 1 is 1.00 bits per heavy atom. The predicted molar refractivity (Wildman–Crippen MR) is 91.1 cm³/mol. The summed E-state index contributed by atoms with van der Waals surface area (Å²) in [5.74, 6) is -0.381. The Morgan fingerprint density at radius 3 is 2.07 bits per heavy atom. The number of nitrogens with one attached hydrogen (secondary N) is 1. The number of amides is 1. The minimum Gasteiger partial charge on any atom is -0.367 e. The first-order valence-electron chi connectivity index (χ1n) is 7.68. The number of alkyl halides is 3. The van der Waals surface area contributed by atoms with Crippen LogP contribution < -0.4 is 10.5 Å². The number of ether oxygens (including phenoxy) is 1. The molecule has 0 fully saturated rings. The molecule has 0 saturated carbocycles. The lowest BCUT2D eigenvalue weighted by Gasteiger charge is -2.09. The lowest BCUT2D eigenvalue weighted by molar-refractivity contribution is -0.176. The standard InChI is InChI=1S/C17H17F3N2O4S/c18-17(19,20)11-26-10-13-1-5-14(6-2-13)16(23)22-9-12-3-7-15(8-4-12)27(21,24)25/h1-8H,9-11H2,(H,22,23)(H2,21,24,25). The molecular weight excluding hydrogens is 385 g/mol. The lowest BCUT2D eigenvalue weighted by atomic mass is 10.1. The van der Waals surface area contributed by atoms with E-state index in [4.69, 9.17) is 5.14 Å². The zero-order valence-electron chi connectivity index (χ0n) is 14.0. The van der Waals surface area contributed by atoms with Crippen LogP contribution in [0.25, 0.3) is 0 Å². The Bertz CT molecular complexity index is 880. The average Bonchev–Trinajstić information content (AvgIpc) is 2.59. The van der Waals surface area contributed by atoms with E-state index in [1.165, 1.54) is 48.5 Å². The van der Waals surface area contributed by atoms with Crippen LogP contribution in [0, 0.1) is 0 Å². The van der Waals surface area contributed by atoms with Crippen LogP contribution in [0.5, 0.6) is 0 Å². The Hall–Kier alpha value is -2.43. The van der Waals surface area contributed by atoms with Gasteiger partial charge in [0.2, 0.25) is 10.0 Å². The quantitative estimate of drug-likeness (QED) is 0.743. The molecule has 27 heavy (non-hydrogen) atoms. The van der Waals surface area contributed by atoms with E-state index >= 15 is 0 Å².